The number of hydrogen-bond acceptors (Lipinski definition) is 4. The fraction of sp³-hybridized carbons (Fsp3) is 0.250. The third kappa shape index (κ3) is 5.82. The minimum atomic E-state index is -4.86. The molecule has 0 unspecified atom stereocenters. The van der Waals surface area contributed by atoms with Crippen molar-refractivity contribution < 1.29 is 39.6 Å². The van der Waals surface area contributed by atoms with E-state index in [9.17, 15) is 39.6 Å². The molecule has 0 spiro atoms. The number of aromatic nitrogens is 1. The summed E-state index contributed by atoms with van der Waals surface area (Å²) in [5.74, 6) is -2.23. The zero-order chi connectivity index (χ0) is 22.0. The number of sulfonamides is 1. The molecule has 29 heavy (non-hydrogen) atoms. The maximum atomic E-state index is 12.9. The Bertz CT molecular complexity index is 1020. The maximum Gasteiger partial charge on any atom is 0.417 e. The molecule has 1 amide bonds. The Morgan fingerprint density at radius 3 is 2.21 bits per heavy atom. The molecule has 0 aliphatic heterocycles. The summed E-state index contributed by atoms with van der Waals surface area (Å²) in [6.45, 7) is 1.26. The number of halogens is 6. The first-order valence-corrected chi connectivity index (χ1v) is 9.44. The second-order valence-electron chi connectivity index (χ2n) is 5.66. The first-order valence-electron chi connectivity index (χ1n) is 7.79. The van der Waals surface area contributed by atoms with Gasteiger partial charge in [-0.2, -0.15) is 26.3 Å². The Hall–Kier alpha value is -2.83. The molecule has 158 valence electrons. The molecule has 0 aliphatic carbocycles. The summed E-state index contributed by atoms with van der Waals surface area (Å²) in [6.07, 6.45) is -9.24. The van der Waals surface area contributed by atoms with Crippen LogP contribution >= 0.6 is 0 Å². The molecule has 2 aromatic rings. The van der Waals surface area contributed by atoms with Crippen molar-refractivity contribution in [2.75, 3.05) is 15.8 Å². The van der Waals surface area contributed by atoms with Gasteiger partial charge in [0.2, 0.25) is 10.0 Å². The summed E-state index contributed by atoms with van der Waals surface area (Å²) in [5, 5.41) is 1.97. The molecule has 6 nitrogen and oxygen atoms in total. The van der Waals surface area contributed by atoms with Crippen LogP contribution in [0.25, 0.3) is 0 Å². The van der Waals surface area contributed by atoms with E-state index in [1.807, 2.05) is 10.0 Å². The van der Waals surface area contributed by atoms with Gasteiger partial charge >= 0.3 is 12.4 Å². The molecular formula is C16H13F6N3O3S. The van der Waals surface area contributed by atoms with Crippen molar-refractivity contribution >= 4 is 27.4 Å². The van der Waals surface area contributed by atoms with Crippen LogP contribution in [0.15, 0.2) is 36.5 Å². The smallest absolute Gasteiger partial charge is 0.319 e. The zero-order valence-electron chi connectivity index (χ0n) is 14.5. The van der Waals surface area contributed by atoms with Crippen molar-refractivity contribution in [3.63, 3.8) is 0 Å². The molecule has 0 atom stereocenters. The number of nitrogens with one attached hydrogen (secondary N) is 2. The lowest BCUT2D eigenvalue weighted by molar-refractivity contribution is -0.138. The second-order valence-corrected chi connectivity index (χ2v) is 7.67. The fourth-order valence-corrected chi connectivity index (χ4v) is 2.65. The summed E-state index contributed by atoms with van der Waals surface area (Å²) in [5.41, 5.74) is -3.60. The van der Waals surface area contributed by atoms with E-state index in [1.54, 1.807) is 0 Å². The standard InChI is InChI=1S/C16H13F6N3O3S/c1-2-29(27,28)25-13-12(7-11(8-23-13)16(20,21)22)24-14(26)9-4-3-5-10(6-9)15(17,18)19/h3-8H,2H2,1H3,(H,23,25)(H,24,26). The molecule has 13 heteroatoms. The predicted octanol–water partition coefficient (Wildman–Crippen LogP) is 4.13. The van der Waals surface area contributed by atoms with Crippen LogP contribution in [0.3, 0.4) is 0 Å². The van der Waals surface area contributed by atoms with Crippen LogP contribution in [0, 0.1) is 0 Å². The Kier molecular flexibility index (Phi) is 6.11. The average molecular weight is 441 g/mol. The minimum Gasteiger partial charge on any atom is -0.319 e. The molecule has 1 aromatic heterocycles. The Balaban J connectivity index is 2.45. The van der Waals surface area contributed by atoms with Crippen molar-refractivity contribution in [3.8, 4) is 0 Å². The van der Waals surface area contributed by atoms with E-state index in [0.29, 0.717) is 24.4 Å². The highest BCUT2D eigenvalue weighted by Crippen LogP contribution is 2.33. The summed E-state index contributed by atoms with van der Waals surface area (Å²) in [7, 11) is -3.96. The van der Waals surface area contributed by atoms with Crippen LogP contribution in [-0.2, 0) is 22.4 Å². The van der Waals surface area contributed by atoms with Gasteiger partial charge in [0.25, 0.3) is 5.91 Å². The number of carbonyl (C=O) groups excluding carboxylic acids is 1. The van der Waals surface area contributed by atoms with Crippen molar-refractivity contribution in [2.24, 2.45) is 0 Å². The molecule has 0 saturated carbocycles. The van der Waals surface area contributed by atoms with Crippen LogP contribution in [0.5, 0.6) is 0 Å². The van der Waals surface area contributed by atoms with E-state index in [4.69, 9.17) is 0 Å². The van der Waals surface area contributed by atoms with Crippen LogP contribution in [0.2, 0.25) is 0 Å². The average Bonchev–Trinajstić information content (AvgIpc) is 2.61. The van der Waals surface area contributed by atoms with Gasteiger partial charge in [0, 0.05) is 11.8 Å². The lowest BCUT2D eigenvalue weighted by atomic mass is 10.1. The Labute approximate surface area is 161 Å². The van der Waals surface area contributed by atoms with Gasteiger partial charge in [0.1, 0.15) is 0 Å². The van der Waals surface area contributed by atoms with Crippen molar-refractivity contribution in [1.29, 1.82) is 0 Å². The molecule has 0 fully saturated rings. The monoisotopic (exact) mass is 441 g/mol. The van der Waals surface area contributed by atoms with Gasteiger partial charge in [-0.25, -0.2) is 13.4 Å². The van der Waals surface area contributed by atoms with E-state index >= 15 is 0 Å². The van der Waals surface area contributed by atoms with Crippen LogP contribution in [-0.4, -0.2) is 25.1 Å². The van der Waals surface area contributed by atoms with Crippen LogP contribution in [0.1, 0.15) is 28.4 Å². The first-order chi connectivity index (χ1) is 13.2. The normalized spacial score (nSPS) is 12.5. The van der Waals surface area contributed by atoms with Crippen molar-refractivity contribution in [1.82, 2.24) is 4.98 Å². The van der Waals surface area contributed by atoms with Crippen LogP contribution in [0.4, 0.5) is 37.8 Å². The molecule has 1 aromatic carbocycles. The van der Waals surface area contributed by atoms with E-state index in [0.717, 1.165) is 12.1 Å². The van der Waals surface area contributed by atoms with E-state index in [-0.39, 0.29) is 0 Å². The van der Waals surface area contributed by atoms with Gasteiger partial charge in [0.15, 0.2) is 5.82 Å². The number of carbonyl (C=O) groups is 1. The predicted molar refractivity (Wildman–Crippen MR) is 91.7 cm³/mol. The van der Waals surface area contributed by atoms with Gasteiger partial charge in [-0.05, 0) is 31.2 Å². The van der Waals surface area contributed by atoms with Crippen molar-refractivity contribution in [3.05, 3.63) is 53.2 Å². The van der Waals surface area contributed by atoms with Gasteiger partial charge in [-0.1, -0.05) is 6.07 Å². The largest absolute Gasteiger partial charge is 0.417 e. The fourth-order valence-electron chi connectivity index (χ4n) is 2.05. The van der Waals surface area contributed by atoms with Gasteiger partial charge in [-0.15, -0.1) is 0 Å². The van der Waals surface area contributed by atoms with E-state index < -0.39 is 62.2 Å². The second kappa shape index (κ2) is 7.89. The number of nitrogens with zero attached hydrogens (tertiary/aromatic N) is 1. The molecule has 0 radical (unpaired) electrons. The number of pyridine rings is 1. The summed E-state index contributed by atoms with van der Waals surface area (Å²) >= 11 is 0. The van der Waals surface area contributed by atoms with E-state index in [1.165, 1.54) is 6.92 Å². The van der Waals surface area contributed by atoms with Crippen molar-refractivity contribution in [2.45, 2.75) is 19.3 Å². The summed E-state index contributed by atoms with van der Waals surface area (Å²) in [4.78, 5) is 15.7. The number of amides is 1. The SMILES string of the molecule is CCS(=O)(=O)Nc1ncc(C(F)(F)F)cc1NC(=O)c1cccc(C(F)(F)F)c1. The summed E-state index contributed by atoms with van der Waals surface area (Å²) in [6, 6.07) is 3.60. The highest BCUT2D eigenvalue weighted by Gasteiger charge is 2.33. The molecule has 0 bridgehead atoms. The molecular weight excluding hydrogens is 428 g/mol. The van der Waals surface area contributed by atoms with Gasteiger partial charge in [0.05, 0.1) is 22.6 Å². The van der Waals surface area contributed by atoms with E-state index in [2.05, 4.69) is 4.98 Å². The number of alkyl halides is 6. The first kappa shape index (κ1) is 22.5. The molecule has 2 N–H and O–H groups in total. The number of benzene rings is 1. The van der Waals surface area contributed by atoms with Gasteiger partial charge < -0.3 is 5.32 Å². The number of rotatable bonds is 5. The highest BCUT2D eigenvalue weighted by atomic mass is 32.2. The molecule has 0 saturated heterocycles. The lowest BCUT2D eigenvalue weighted by Gasteiger charge is -2.15. The Morgan fingerprint density at radius 2 is 1.66 bits per heavy atom. The highest BCUT2D eigenvalue weighted by molar-refractivity contribution is 7.92. The number of hydrogen-bond donors (Lipinski definition) is 2. The third-order valence-electron chi connectivity index (χ3n) is 3.55. The summed E-state index contributed by atoms with van der Waals surface area (Å²) < 4.78 is 102. The zero-order valence-corrected chi connectivity index (χ0v) is 15.3. The quantitative estimate of drug-likeness (QED) is 0.683. The third-order valence-corrected chi connectivity index (χ3v) is 4.81. The molecule has 1 heterocycles. The minimum absolute atomic E-state index is 0.355. The maximum absolute atomic E-state index is 12.9. The molecule has 2 rings (SSSR count). The van der Waals surface area contributed by atoms with Crippen LogP contribution < -0.4 is 10.0 Å². The van der Waals surface area contributed by atoms with Gasteiger partial charge in [-0.3, -0.25) is 9.52 Å². The molecule has 0 aliphatic rings. The topological polar surface area (TPSA) is 88.2 Å². The lowest BCUT2D eigenvalue weighted by Crippen LogP contribution is -2.20. The Morgan fingerprint density at radius 1 is 1.03 bits per heavy atom. The number of anilines is 2.